The van der Waals surface area contributed by atoms with Crippen molar-refractivity contribution >= 4 is 40.7 Å². The molecule has 0 saturated carbocycles. The van der Waals surface area contributed by atoms with Crippen molar-refractivity contribution < 1.29 is 19.4 Å². The van der Waals surface area contributed by atoms with Crippen LogP contribution >= 0.6 is 23.2 Å². The first-order valence-corrected chi connectivity index (χ1v) is 13.0. The van der Waals surface area contributed by atoms with Crippen molar-refractivity contribution in [3.05, 3.63) is 68.7 Å². The molecule has 1 saturated heterocycles. The quantitative estimate of drug-likeness (QED) is 0.227. The van der Waals surface area contributed by atoms with E-state index in [1.807, 2.05) is 26.8 Å². The summed E-state index contributed by atoms with van der Waals surface area (Å²) >= 11 is 12.4. The van der Waals surface area contributed by atoms with Crippen molar-refractivity contribution in [1.82, 2.24) is 9.80 Å². The molecule has 1 fully saturated rings. The molecule has 0 aromatic heterocycles. The van der Waals surface area contributed by atoms with Gasteiger partial charge in [0.2, 0.25) is 0 Å². The second-order valence-electron chi connectivity index (χ2n) is 9.37. The van der Waals surface area contributed by atoms with Crippen LogP contribution in [0.3, 0.4) is 0 Å². The van der Waals surface area contributed by atoms with E-state index in [1.165, 1.54) is 4.90 Å². The third kappa shape index (κ3) is 6.05. The largest absolute Gasteiger partial charge is 0.507 e. The zero-order chi connectivity index (χ0) is 26.6. The molecule has 3 rings (SSSR count). The number of benzene rings is 2. The van der Waals surface area contributed by atoms with Gasteiger partial charge in [-0.3, -0.25) is 9.59 Å². The molecule has 0 radical (unpaired) electrons. The first-order chi connectivity index (χ1) is 17.1. The highest BCUT2D eigenvalue weighted by Gasteiger charge is 2.46. The van der Waals surface area contributed by atoms with Crippen molar-refractivity contribution in [2.75, 3.05) is 32.8 Å². The normalized spacial score (nSPS) is 17.5. The average Bonchev–Trinajstić information content (AvgIpc) is 3.09. The maximum absolute atomic E-state index is 13.3. The minimum atomic E-state index is -0.786. The Hall–Kier alpha value is -2.54. The third-order valence-electron chi connectivity index (χ3n) is 6.39. The molecule has 36 heavy (non-hydrogen) atoms. The van der Waals surface area contributed by atoms with Crippen molar-refractivity contribution in [3.63, 3.8) is 0 Å². The van der Waals surface area contributed by atoms with Gasteiger partial charge < -0.3 is 19.6 Å². The highest BCUT2D eigenvalue weighted by atomic mass is 35.5. The highest BCUT2D eigenvalue weighted by molar-refractivity contribution is 6.47. The summed E-state index contributed by atoms with van der Waals surface area (Å²) in [6, 6.07) is 9.53. The number of nitrogens with zero attached hydrogens (tertiary/aromatic N) is 2. The molecule has 6 nitrogen and oxygen atoms in total. The van der Waals surface area contributed by atoms with Crippen LogP contribution in [-0.4, -0.2) is 59.4 Å². The van der Waals surface area contributed by atoms with Gasteiger partial charge >= 0.3 is 0 Å². The number of ether oxygens (including phenoxy) is 1. The van der Waals surface area contributed by atoms with Crippen molar-refractivity contribution in [1.29, 1.82) is 0 Å². The minimum absolute atomic E-state index is 0.0388. The Kier molecular flexibility index (Phi) is 9.45. The first-order valence-electron chi connectivity index (χ1n) is 12.3. The van der Waals surface area contributed by atoms with Crippen LogP contribution in [0.15, 0.2) is 42.0 Å². The minimum Gasteiger partial charge on any atom is -0.507 e. The van der Waals surface area contributed by atoms with Crippen molar-refractivity contribution in [2.45, 2.75) is 40.7 Å². The number of Topliss-reactive ketones (excluding diaryl/α,β-unsaturated/α-hetero) is 1. The molecule has 194 valence electrons. The summed E-state index contributed by atoms with van der Waals surface area (Å²) in [6.45, 7) is 13.2. The fraction of sp³-hybridized carbons (Fsp3) is 0.429. The SMILES string of the molecule is CCN(CC)CCN1C(=O)C(=O)C(=C(O)c2ccc(OCC(C)C)cc2C)C1c1ccc(Cl)c(Cl)c1. The fourth-order valence-electron chi connectivity index (χ4n) is 4.33. The lowest BCUT2D eigenvalue weighted by Gasteiger charge is -2.28. The van der Waals surface area contributed by atoms with Crippen LogP contribution in [0.25, 0.3) is 5.76 Å². The summed E-state index contributed by atoms with van der Waals surface area (Å²) in [5.74, 6) is -0.532. The van der Waals surface area contributed by atoms with Gasteiger partial charge in [0.25, 0.3) is 11.7 Å². The summed E-state index contributed by atoms with van der Waals surface area (Å²) in [5, 5.41) is 12.1. The second-order valence-corrected chi connectivity index (χ2v) is 10.2. The number of likely N-dealkylation sites (tertiary alicyclic amines) is 1. The molecule has 1 N–H and O–H groups in total. The van der Waals surface area contributed by atoms with Crippen LogP contribution in [-0.2, 0) is 9.59 Å². The molecule has 1 unspecified atom stereocenters. The number of aliphatic hydroxyl groups is 1. The number of likely N-dealkylation sites (N-methyl/N-ethyl adjacent to an activating group) is 1. The molecular formula is C28H34Cl2N2O4. The molecule has 1 aliphatic heterocycles. The molecule has 0 spiro atoms. The van der Waals surface area contributed by atoms with E-state index in [2.05, 4.69) is 18.7 Å². The van der Waals surface area contributed by atoms with Gasteiger partial charge in [0.05, 0.1) is 28.3 Å². The van der Waals surface area contributed by atoms with E-state index in [0.29, 0.717) is 52.5 Å². The smallest absolute Gasteiger partial charge is 0.295 e. The van der Waals surface area contributed by atoms with Crippen molar-refractivity contribution in [2.24, 2.45) is 5.92 Å². The van der Waals surface area contributed by atoms with E-state index >= 15 is 0 Å². The monoisotopic (exact) mass is 532 g/mol. The maximum atomic E-state index is 13.3. The van der Waals surface area contributed by atoms with Gasteiger partial charge in [0.1, 0.15) is 11.5 Å². The summed E-state index contributed by atoms with van der Waals surface area (Å²) in [7, 11) is 0. The molecule has 0 aliphatic carbocycles. The van der Waals surface area contributed by atoms with Gasteiger partial charge in [0.15, 0.2) is 0 Å². The lowest BCUT2D eigenvalue weighted by molar-refractivity contribution is -0.140. The average molecular weight is 533 g/mol. The number of amides is 1. The van der Waals surface area contributed by atoms with Gasteiger partial charge in [-0.25, -0.2) is 0 Å². The predicted octanol–water partition coefficient (Wildman–Crippen LogP) is 6.10. The molecule has 1 atom stereocenters. The van der Waals surface area contributed by atoms with Gasteiger partial charge in [0, 0.05) is 18.7 Å². The van der Waals surface area contributed by atoms with E-state index < -0.39 is 17.7 Å². The Bertz CT molecular complexity index is 1160. The standard InChI is InChI=1S/C28H34Cl2N2O4/c1-6-31(7-2)12-13-32-25(19-8-11-22(29)23(30)15-19)24(27(34)28(32)35)26(33)21-10-9-20(14-18(21)5)36-16-17(3)4/h8-11,14-15,17,25,33H,6-7,12-13,16H2,1-5H3. The van der Waals surface area contributed by atoms with Crippen LogP contribution < -0.4 is 4.74 Å². The van der Waals surface area contributed by atoms with Crippen LogP contribution in [0, 0.1) is 12.8 Å². The Balaban J connectivity index is 2.09. The lowest BCUT2D eigenvalue weighted by Crippen LogP contribution is -2.38. The molecule has 1 aliphatic rings. The van der Waals surface area contributed by atoms with Gasteiger partial charge in [-0.15, -0.1) is 0 Å². The van der Waals surface area contributed by atoms with E-state index in [9.17, 15) is 14.7 Å². The molecule has 1 amide bonds. The number of ketones is 1. The molecule has 0 bridgehead atoms. The van der Waals surface area contributed by atoms with Crippen LogP contribution in [0.5, 0.6) is 5.75 Å². The number of aryl methyl sites for hydroxylation is 1. The number of hydrogen-bond acceptors (Lipinski definition) is 5. The number of carbonyl (C=O) groups excluding carboxylic acids is 2. The van der Waals surface area contributed by atoms with E-state index in [0.717, 1.165) is 18.7 Å². The first kappa shape index (κ1) is 28.0. The van der Waals surface area contributed by atoms with Crippen LogP contribution in [0.2, 0.25) is 10.0 Å². The van der Waals surface area contributed by atoms with E-state index in [4.69, 9.17) is 27.9 Å². The number of rotatable bonds is 10. The summed E-state index contributed by atoms with van der Waals surface area (Å²) in [4.78, 5) is 30.2. The highest BCUT2D eigenvalue weighted by Crippen LogP contribution is 2.41. The van der Waals surface area contributed by atoms with E-state index in [1.54, 1.807) is 30.3 Å². The summed E-state index contributed by atoms with van der Waals surface area (Å²) in [6.07, 6.45) is 0. The Labute approximate surface area is 223 Å². The second kappa shape index (κ2) is 12.1. The van der Waals surface area contributed by atoms with Crippen molar-refractivity contribution in [3.8, 4) is 5.75 Å². The summed E-state index contributed by atoms with van der Waals surface area (Å²) in [5.41, 5.74) is 1.85. The van der Waals surface area contributed by atoms with Gasteiger partial charge in [-0.05, 0) is 67.4 Å². The lowest BCUT2D eigenvalue weighted by atomic mass is 9.94. The number of carbonyl (C=O) groups is 2. The molecule has 2 aromatic carbocycles. The number of hydrogen-bond donors (Lipinski definition) is 1. The van der Waals surface area contributed by atoms with Crippen LogP contribution in [0.4, 0.5) is 0 Å². The van der Waals surface area contributed by atoms with Crippen LogP contribution in [0.1, 0.15) is 50.4 Å². The number of halogens is 2. The number of aliphatic hydroxyl groups excluding tert-OH is 1. The van der Waals surface area contributed by atoms with Gasteiger partial charge in [-0.2, -0.15) is 0 Å². The fourth-order valence-corrected chi connectivity index (χ4v) is 4.63. The Morgan fingerprint density at radius 1 is 1.08 bits per heavy atom. The molecule has 8 heteroatoms. The maximum Gasteiger partial charge on any atom is 0.295 e. The predicted molar refractivity (Wildman–Crippen MR) is 145 cm³/mol. The zero-order valence-corrected chi connectivity index (χ0v) is 23.0. The summed E-state index contributed by atoms with van der Waals surface area (Å²) < 4.78 is 5.80. The topological polar surface area (TPSA) is 70.1 Å². The zero-order valence-electron chi connectivity index (χ0n) is 21.5. The molecule has 1 heterocycles. The third-order valence-corrected chi connectivity index (χ3v) is 7.13. The Morgan fingerprint density at radius 2 is 1.78 bits per heavy atom. The van der Waals surface area contributed by atoms with Gasteiger partial charge in [-0.1, -0.05) is 57.0 Å². The molecular weight excluding hydrogens is 499 g/mol. The Morgan fingerprint density at radius 3 is 2.36 bits per heavy atom. The van der Waals surface area contributed by atoms with E-state index in [-0.39, 0.29) is 11.3 Å². The molecule has 2 aromatic rings.